The summed E-state index contributed by atoms with van der Waals surface area (Å²) in [6, 6.07) is 4.31. The van der Waals surface area contributed by atoms with Crippen LogP contribution in [0.5, 0.6) is 11.6 Å². The molecule has 0 atom stereocenters. The predicted molar refractivity (Wildman–Crippen MR) is 112 cm³/mol. The summed E-state index contributed by atoms with van der Waals surface area (Å²) in [5.41, 5.74) is -0.824. The lowest BCUT2D eigenvalue weighted by Gasteiger charge is -2.12. The van der Waals surface area contributed by atoms with Crippen molar-refractivity contribution in [1.82, 2.24) is 25.0 Å². The van der Waals surface area contributed by atoms with Gasteiger partial charge in [0.1, 0.15) is 5.69 Å². The lowest BCUT2D eigenvalue weighted by molar-refractivity contribution is 0.452. The first kappa shape index (κ1) is 21.3. The highest BCUT2D eigenvalue weighted by atomic mass is 79.9. The third-order valence-corrected chi connectivity index (χ3v) is 4.98. The normalized spacial score (nSPS) is 11.1. The summed E-state index contributed by atoms with van der Waals surface area (Å²) in [7, 11) is 0. The summed E-state index contributed by atoms with van der Waals surface area (Å²) < 4.78 is 6.62. The second kappa shape index (κ2) is 8.52. The van der Waals surface area contributed by atoms with Crippen LogP contribution in [0.1, 0.15) is 31.0 Å². The summed E-state index contributed by atoms with van der Waals surface area (Å²) >= 11 is 15.7. The minimum Gasteiger partial charge on any atom is -0.434 e. The molecule has 0 aliphatic heterocycles. The van der Waals surface area contributed by atoms with E-state index in [9.17, 15) is 14.4 Å². The van der Waals surface area contributed by atoms with Crippen LogP contribution in [-0.2, 0) is 5.33 Å². The average molecular weight is 503 g/mol. The molecule has 0 radical (unpaired) electrons. The molecule has 0 unspecified atom stereocenters. The van der Waals surface area contributed by atoms with Crippen LogP contribution in [0.3, 0.4) is 0 Å². The Labute approximate surface area is 181 Å². The summed E-state index contributed by atoms with van der Waals surface area (Å²) in [6.45, 7) is 3.72. The monoisotopic (exact) mass is 501 g/mol. The second-order valence-corrected chi connectivity index (χ2v) is 7.61. The van der Waals surface area contributed by atoms with Crippen molar-refractivity contribution in [1.29, 1.82) is 0 Å². The highest BCUT2D eigenvalue weighted by Crippen LogP contribution is 2.37. The van der Waals surface area contributed by atoms with E-state index in [0.717, 1.165) is 4.68 Å². The number of halogens is 3. The molecule has 9 nitrogen and oxygen atoms in total. The van der Waals surface area contributed by atoms with Crippen molar-refractivity contribution in [2.75, 3.05) is 0 Å². The van der Waals surface area contributed by atoms with Crippen molar-refractivity contribution in [2.24, 2.45) is 0 Å². The third kappa shape index (κ3) is 4.44. The van der Waals surface area contributed by atoms with Crippen molar-refractivity contribution in [2.45, 2.75) is 25.1 Å². The Bertz CT molecular complexity index is 1230. The molecule has 0 saturated carbocycles. The van der Waals surface area contributed by atoms with Gasteiger partial charge in [0.15, 0.2) is 5.75 Å². The number of hydrogen-bond donors (Lipinski definition) is 2. The largest absolute Gasteiger partial charge is 0.434 e. The molecule has 0 saturated heterocycles. The van der Waals surface area contributed by atoms with Crippen molar-refractivity contribution in [3.8, 4) is 17.3 Å². The topological polar surface area (TPSA) is 123 Å². The minimum atomic E-state index is -0.746. The van der Waals surface area contributed by atoms with Gasteiger partial charge in [0.25, 0.3) is 11.1 Å². The van der Waals surface area contributed by atoms with Crippen molar-refractivity contribution < 1.29 is 4.74 Å². The van der Waals surface area contributed by atoms with Crippen LogP contribution < -0.4 is 21.5 Å². The van der Waals surface area contributed by atoms with Gasteiger partial charge in [-0.1, -0.05) is 53.0 Å². The van der Waals surface area contributed by atoms with Gasteiger partial charge >= 0.3 is 5.69 Å². The van der Waals surface area contributed by atoms with E-state index in [1.807, 2.05) is 13.8 Å². The van der Waals surface area contributed by atoms with E-state index in [-0.39, 0.29) is 49.9 Å². The van der Waals surface area contributed by atoms with Gasteiger partial charge in [0.2, 0.25) is 5.88 Å². The molecule has 2 heterocycles. The quantitative estimate of drug-likeness (QED) is 0.516. The first-order chi connectivity index (χ1) is 13.7. The number of benzene rings is 1. The van der Waals surface area contributed by atoms with Gasteiger partial charge < -0.3 is 4.74 Å². The fourth-order valence-corrected chi connectivity index (χ4v) is 3.37. The van der Waals surface area contributed by atoms with Crippen molar-refractivity contribution >= 4 is 39.1 Å². The Balaban J connectivity index is 2.04. The van der Waals surface area contributed by atoms with Gasteiger partial charge in [-0.3, -0.25) is 14.6 Å². The Kier molecular flexibility index (Phi) is 6.25. The maximum atomic E-state index is 12.1. The van der Waals surface area contributed by atoms with E-state index in [4.69, 9.17) is 27.9 Å². The van der Waals surface area contributed by atoms with E-state index in [1.165, 1.54) is 18.2 Å². The standard InChI is InChI=1S/C17H14BrCl2N5O4/c1-7(2)9-5-13(22-23-15(9)26)29-14-10(19)3-8(4-11(14)20)25-17(28)21-16(27)12(6-18)24-25/h3-5,7H,6H2,1-2H3,(H,23,26)(H,21,27,28). The van der Waals surface area contributed by atoms with Gasteiger partial charge in [-0.15, -0.1) is 5.10 Å². The maximum Gasteiger partial charge on any atom is 0.349 e. The Morgan fingerprint density at radius 3 is 2.38 bits per heavy atom. The van der Waals surface area contributed by atoms with Gasteiger partial charge in [-0.25, -0.2) is 9.89 Å². The first-order valence-electron chi connectivity index (χ1n) is 8.26. The Morgan fingerprint density at radius 2 is 1.79 bits per heavy atom. The molecule has 12 heteroatoms. The third-order valence-electron chi connectivity index (χ3n) is 3.89. The van der Waals surface area contributed by atoms with Gasteiger partial charge in [-0.05, 0) is 18.1 Å². The number of alkyl halides is 1. The molecule has 2 N–H and O–H groups in total. The number of aromatic amines is 2. The molecule has 0 fully saturated rings. The zero-order valence-electron chi connectivity index (χ0n) is 15.1. The average Bonchev–Trinajstić information content (AvgIpc) is 2.65. The van der Waals surface area contributed by atoms with E-state index in [2.05, 4.69) is 36.2 Å². The zero-order valence-corrected chi connectivity index (χ0v) is 18.2. The van der Waals surface area contributed by atoms with Crippen LogP contribution in [0, 0.1) is 0 Å². The highest BCUT2D eigenvalue weighted by Gasteiger charge is 2.16. The SMILES string of the molecule is CC(C)c1cc(Oc2c(Cl)cc(-n3nc(CBr)c(=O)[nH]c3=O)cc2Cl)n[nH]c1=O. The fraction of sp³-hybridized carbons (Fsp3) is 0.235. The maximum absolute atomic E-state index is 12.1. The summed E-state index contributed by atoms with van der Waals surface area (Å²) in [6.07, 6.45) is 0. The second-order valence-electron chi connectivity index (χ2n) is 6.24. The minimum absolute atomic E-state index is 0.0424. The predicted octanol–water partition coefficient (Wildman–Crippen LogP) is 3.12. The highest BCUT2D eigenvalue weighted by molar-refractivity contribution is 9.08. The van der Waals surface area contributed by atoms with Crippen LogP contribution in [0.2, 0.25) is 10.0 Å². The lowest BCUT2D eigenvalue weighted by Crippen LogP contribution is -2.33. The molecule has 29 heavy (non-hydrogen) atoms. The Morgan fingerprint density at radius 1 is 1.14 bits per heavy atom. The van der Waals surface area contributed by atoms with E-state index < -0.39 is 11.2 Å². The Hall–Kier alpha value is -2.43. The molecule has 3 aromatic rings. The number of nitrogens with one attached hydrogen (secondary N) is 2. The van der Waals surface area contributed by atoms with Crippen LogP contribution >= 0.6 is 39.1 Å². The number of aromatic nitrogens is 5. The molecular formula is C17H14BrCl2N5O4. The number of H-pyrrole nitrogens is 2. The molecule has 3 rings (SSSR count). The number of nitrogens with zero attached hydrogens (tertiary/aromatic N) is 3. The van der Waals surface area contributed by atoms with Gasteiger partial charge in [-0.2, -0.15) is 9.78 Å². The lowest BCUT2D eigenvalue weighted by atomic mass is 10.1. The molecule has 2 aromatic heterocycles. The molecule has 1 aromatic carbocycles. The molecular weight excluding hydrogens is 489 g/mol. The van der Waals surface area contributed by atoms with Crippen molar-refractivity contribution in [3.05, 3.63) is 70.7 Å². The first-order valence-corrected chi connectivity index (χ1v) is 10.1. The summed E-state index contributed by atoms with van der Waals surface area (Å²) in [4.78, 5) is 37.8. The van der Waals surface area contributed by atoms with E-state index in [1.54, 1.807) is 0 Å². The molecule has 0 aliphatic carbocycles. The van der Waals surface area contributed by atoms with Gasteiger partial charge in [0.05, 0.1) is 21.1 Å². The van der Waals surface area contributed by atoms with E-state index >= 15 is 0 Å². The van der Waals surface area contributed by atoms with Crippen LogP contribution in [0.25, 0.3) is 5.69 Å². The molecule has 0 bridgehead atoms. The number of rotatable bonds is 5. The summed E-state index contributed by atoms with van der Waals surface area (Å²) in [5.74, 6) is 0.148. The molecule has 0 aliphatic rings. The summed E-state index contributed by atoms with van der Waals surface area (Å²) in [5, 5.41) is 10.5. The smallest absolute Gasteiger partial charge is 0.349 e. The van der Waals surface area contributed by atoms with Crippen LogP contribution in [0.15, 0.2) is 32.6 Å². The van der Waals surface area contributed by atoms with Crippen LogP contribution in [-0.4, -0.2) is 25.0 Å². The molecule has 152 valence electrons. The number of hydrogen-bond acceptors (Lipinski definition) is 6. The fourth-order valence-electron chi connectivity index (χ4n) is 2.45. The molecule has 0 amide bonds. The zero-order chi connectivity index (χ0) is 21.3. The number of ether oxygens (including phenoxy) is 1. The van der Waals surface area contributed by atoms with Gasteiger partial charge in [0, 0.05) is 11.6 Å². The van der Waals surface area contributed by atoms with Crippen LogP contribution in [0.4, 0.5) is 0 Å². The van der Waals surface area contributed by atoms with Crippen molar-refractivity contribution in [3.63, 3.8) is 0 Å². The molecule has 0 spiro atoms. The van der Waals surface area contributed by atoms with E-state index in [0.29, 0.717) is 5.56 Å².